The van der Waals surface area contributed by atoms with Crippen LogP contribution in [0.3, 0.4) is 0 Å². The van der Waals surface area contributed by atoms with Gasteiger partial charge < -0.3 is 0 Å². The van der Waals surface area contributed by atoms with Crippen molar-refractivity contribution in [3.8, 4) is 0 Å². The molecule has 0 saturated carbocycles. The summed E-state index contributed by atoms with van der Waals surface area (Å²) in [7, 11) is 105. The van der Waals surface area contributed by atoms with E-state index in [1.54, 1.807) is 0 Å². The van der Waals surface area contributed by atoms with E-state index in [2.05, 4.69) is 0 Å². The first-order valence-corrected chi connectivity index (χ1v) is 10.7. The van der Waals surface area contributed by atoms with Gasteiger partial charge in [0.15, 0.2) is 0 Å². The maximum atomic E-state index is 6.21. The van der Waals surface area contributed by atoms with Crippen LogP contribution < -0.4 is 0 Å². The molecular formula is B33. The molecule has 0 aliphatic heterocycles. The maximum absolute atomic E-state index is 6.21. The molecule has 33 heteroatoms. The summed E-state index contributed by atoms with van der Waals surface area (Å²) in [6.45, 7) is 0. The molecule has 0 rings (SSSR count). The molecule has 99 valence electrons. The zero-order valence-electron chi connectivity index (χ0n) is 19.1. The average molecular weight is 357 g/mol. The zero-order chi connectivity index (χ0) is 26.4. The highest BCUT2D eigenvalue weighted by molar-refractivity contribution is 8.29. The van der Waals surface area contributed by atoms with Gasteiger partial charge in [0.1, 0.15) is 0 Å². The molecule has 35 radical (unpaired) electrons. The van der Waals surface area contributed by atoms with Gasteiger partial charge in [-0.15, -0.1) is 0 Å². The first kappa shape index (κ1) is 35.1. The standard InChI is InChI=1S/B33/c1-18-27(19(2)3)31(26(16)17)33(30(24(12)13)25(14)15)32(28(20(4)5)21(6)7)29(22(8)9)23(10)11. The van der Waals surface area contributed by atoms with Gasteiger partial charge in [0.2, 0.25) is 0 Å². The Morgan fingerprint density at radius 1 is 0.273 bits per heavy atom. The van der Waals surface area contributed by atoms with Gasteiger partial charge in [-0.1, -0.05) is 0 Å². The van der Waals surface area contributed by atoms with Crippen molar-refractivity contribution in [2.75, 3.05) is 0 Å². The molecule has 0 aliphatic carbocycles. The van der Waals surface area contributed by atoms with Gasteiger partial charge in [0, 0.05) is 234 Å². The maximum Gasteiger partial charge on any atom is 0 e. The van der Waals surface area contributed by atoms with E-state index >= 15 is 0 Å². The van der Waals surface area contributed by atoms with E-state index in [9.17, 15) is 0 Å². The van der Waals surface area contributed by atoms with Crippen LogP contribution in [0.1, 0.15) is 0 Å². The molecule has 0 unspecified atom stereocenters. The first-order valence-electron chi connectivity index (χ1n) is 10.7. The largest absolute Gasteiger partial charge is 0 e. The third-order valence-corrected chi connectivity index (χ3v) is 6.44. The number of hydrogen-bond acceptors (Lipinski definition) is 0. The molecular weight excluding hydrogens is 357 g/mol. The van der Waals surface area contributed by atoms with Crippen molar-refractivity contribution < 1.29 is 0 Å². The molecule has 0 aromatic carbocycles. The molecule has 0 fully saturated rings. The van der Waals surface area contributed by atoms with Crippen molar-refractivity contribution in [1.29, 1.82) is 0 Å². The smallest absolute Gasteiger partial charge is 0 e. The minimum Gasteiger partial charge on any atom is 0 e. The molecule has 0 bridgehead atoms. The predicted octanol–water partition coefficient (Wildman–Crippen LogP) is -12.6. The van der Waals surface area contributed by atoms with E-state index in [4.69, 9.17) is 132 Å². The SMILES string of the molecule is [B][B]B(B([B])[B])B(B([B])[B])B(B(B([B])[B])B([B])[B])B(B(B([B])[B])B([B])[B])B(B([B])[B])B([B])[B]. The second-order valence-corrected chi connectivity index (χ2v) is 8.85. The quantitative estimate of drug-likeness (QED) is 0.256. The minimum absolute atomic E-state index is 0.787. The summed E-state index contributed by atoms with van der Waals surface area (Å²) in [4.78, 5) is 0. The molecule has 0 aromatic rings. The molecule has 0 saturated heterocycles. The Kier molecular flexibility index (Phi) is 17.2. The van der Waals surface area contributed by atoms with Gasteiger partial charge in [0.05, 0.1) is 0 Å². The van der Waals surface area contributed by atoms with E-state index in [0.717, 1.165) is 0 Å². The lowest BCUT2D eigenvalue weighted by molar-refractivity contribution is 3.24. The monoisotopic (exact) mass is 363 g/mol. The van der Waals surface area contributed by atoms with Crippen LogP contribution in [0.25, 0.3) is 0 Å². The highest BCUT2D eigenvalue weighted by Crippen LogP contribution is 2.15. The summed E-state index contributed by atoms with van der Waals surface area (Å²) in [5.41, 5.74) is 0. The van der Waals surface area contributed by atoms with Crippen molar-refractivity contribution in [1.82, 2.24) is 0 Å². The van der Waals surface area contributed by atoms with E-state index in [1.807, 2.05) is 0 Å². The first-order chi connectivity index (χ1) is 15.0. The molecule has 0 amide bonds. The van der Waals surface area contributed by atoms with Crippen molar-refractivity contribution in [3.63, 3.8) is 0 Å². The molecule has 0 nitrogen and oxygen atoms in total. The van der Waals surface area contributed by atoms with Gasteiger partial charge in [-0.05, 0) is 0 Å². The summed E-state index contributed by atoms with van der Waals surface area (Å²) in [5.74, 6) is 0. The molecule has 0 heterocycles. The minimum atomic E-state index is -1.10. The summed E-state index contributed by atoms with van der Waals surface area (Å²) in [6.07, 6.45) is -14.8. The van der Waals surface area contributed by atoms with Gasteiger partial charge in [-0.25, -0.2) is 0 Å². The second kappa shape index (κ2) is 16.2. The lowest BCUT2D eigenvalue weighted by Gasteiger charge is -2.51. The highest BCUT2D eigenvalue weighted by Gasteiger charge is 2.53. The Bertz CT molecular complexity index is 448. The Labute approximate surface area is 233 Å². The van der Waals surface area contributed by atoms with Crippen LogP contribution in [-0.2, 0) is 0 Å². The summed E-state index contributed by atoms with van der Waals surface area (Å²) in [5, 5.41) is 0. The van der Waals surface area contributed by atoms with Gasteiger partial charge in [-0.3, -0.25) is 0 Å². The zero-order valence-corrected chi connectivity index (χ0v) is 19.1. The Morgan fingerprint density at radius 3 is 0.636 bits per heavy atom. The summed E-state index contributed by atoms with van der Waals surface area (Å²) < 4.78 is 0. The van der Waals surface area contributed by atoms with Crippen molar-refractivity contribution in [2.45, 2.75) is 0 Å². The third-order valence-electron chi connectivity index (χ3n) is 6.44. The van der Waals surface area contributed by atoms with Crippen LogP contribution >= 0.6 is 0 Å². The van der Waals surface area contributed by atoms with Gasteiger partial charge >= 0.3 is 0 Å². The molecule has 0 N–H and O–H groups in total. The van der Waals surface area contributed by atoms with Crippen LogP contribution in [0, 0.1) is 0 Å². The third kappa shape index (κ3) is 9.75. The molecule has 0 atom stereocenters. The Balaban J connectivity index is 7.45. The fourth-order valence-corrected chi connectivity index (χ4v) is 5.13. The fourth-order valence-electron chi connectivity index (χ4n) is 5.13. The van der Waals surface area contributed by atoms with Crippen molar-refractivity contribution in [3.05, 3.63) is 0 Å². The van der Waals surface area contributed by atoms with E-state index < -0.39 is 95.8 Å². The average Bonchev–Trinajstić information content (AvgIpc) is 2.61. The predicted molar refractivity (Wildman–Crippen MR) is 190 cm³/mol. The van der Waals surface area contributed by atoms with E-state index in [1.165, 1.54) is 7.06 Å². The number of rotatable bonds is 15. The normalized spacial score (nSPS) is 9.45. The summed E-state index contributed by atoms with van der Waals surface area (Å²) in [6, 6.07) is 0. The fraction of sp³-hybridized carbons (Fsp3) is 0. The second-order valence-electron chi connectivity index (χ2n) is 8.85. The van der Waals surface area contributed by atoms with Crippen LogP contribution in [0.2, 0.25) is 0 Å². The number of hydrogen-bond donors (Lipinski definition) is 0. The highest BCUT2D eigenvalue weighted by atomic mass is 13.3. The van der Waals surface area contributed by atoms with Gasteiger partial charge in [-0.2, -0.15) is 0 Å². The van der Waals surface area contributed by atoms with Crippen molar-refractivity contribution >= 4 is 234 Å². The van der Waals surface area contributed by atoms with Crippen LogP contribution in [0.5, 0.6) is 0 Å². The molecule has 0 spiro atoms. The topological polar surface area (TPSA) is 0 Å². The molecule has 0 aromatic heterocycles. The summed E-state index contributed by atoms with van der Waals surface area (Å²) >= 11 is 0. The Morgan fingerprint density at radius 2 is 0.485 bits per heavy atom. The van der Waals surface area contributed by atoms with Gasteiger partial charge in [0.25, 0.3) is 0 Å². The molecule has 33 heavy (non-hydrogen) atoms. The molecule has 0 aliphatic rings. The van der Waals surface area contributed by atoms with Crippen LogP contribution in [0.4, 0.5) is 0 Å². The van der Waals surface area contributed by atoms with Crippen LogP contribution in [0.15, 0.2) is 0 Å². The van der Waals surface area contributed by atoms with Crippen molar-refractivity contribution in [2.24, 2.45) is 0 Å². The lowest BCUT2D eigenvalue weighted by Crippen LogP contribution is -2.89. The lowest BCUT2D eigenvalue weighted by atomic mass is 8.30. The van der Waals surface area contributed by atoms with E-state index in [0.29, 0.717) is 0 Å². The van der Waals surface area contributed by atoms with E-state index in [-0.39, 0.29) is 0 Å². The van der Waals surface area contributed by atoms with Crippen LogP contribution in [-0.4, -0.2) is 234 Å². The Hall–Kier alpha value is 2.14.